The Bertz CT molecular complexity index is 1060. The van der Waals surface area contributed by atoms with Gasteiger partial charge in [-0.25, -0.2) is 22.2 Å². The number of methoxy groups -OCH3 is 1. The Morgan fingerprint density at radius 2 is 2.07 bits per heavy atom. The van der Waals surface area contributed by atoms with Crippen LogP contribution in [0.3, 0.4) is 0 Å². The van der Waals surface area contributed by atoms with Crippen molar-refractivity contribution in [3.05, 3.63) is 46.9 Å². The summed E-state index contributed by atoms with van der Waals surface area (Å²) in [7, 11) is -1.45. The molecule has 2 heterocycles. The van der Waals surface area contributed by atoms with Crippen LogP contribution in [-0.4, -0.2) is 52.8 Å². The van der Waals surface area contributed by atoms with Crippen LogP contribution in [0, 0.1) is 17.6 Å². The molecule has 7 nitrogen and oxygen atoms in total. The van der Waals surface area contributed by atoms with E-state index in [4.69, 9.17) is 16.3 Å². The molecule has 1 aliphatic rings. The number of sulfonamides is 1. The van der Waals surface area contributed by atoms with Crippen molar-refractivity contribution in [2.45, 2.75) is 16.9 Å². The van der Waals surface area contributed by atoms with Crippen molar-refractivity contribution < 1.29 is 26.3 Å². The van der Waals surface area contributed by atoms with Crippen molar-refractivity contribution in [2.75, 3.05) is 43.4 Å². The standard InChI is InChI=1S/C18H20ClF3N4O3S/c1-23-9-18(29-2)6-7-26(10-18)12-8-11(20)17(16(22)15(12)19)30(27,28)25-14-5-3-4-13(21)24-14/h3-5,8,23H,6-7,9-10H2,1-2H3,(H,24,25)/t18-/m1/s1. The molecule has 164 valence electrons. The molecule has 2 aromatic rings. The third-order valence-corrected chi connectivity index (χ3v) is 6.66. The zero-order valence-corrected chi connectivity index (χ0v) is 17.7. The second kappa shape index (κ2) is 8.58. The first-order valence-electron chi connectivity index (χ1n) is 8.90. The molecule has 1 fully saturated rings. The lowest BCUT2D eigenvalue weighted by atomic mass is 10.0. The van der Waals surface area contributed by atoms with Gasteiger partial charge in [0.05, 0.1) is 11.3 Å². The van der Waals surface area contributed by atoms with Crippen LogP contribution in [0.1, 0.15) is 6.42 Å². The second-order valence-electron chi connectivity index (χ2n) is 6.87. The molecule has 0 spiro atoms. The van der Waals surface area contributed by atoms with E-state index in [1.807, 2.05) is 4.72 Å². The predicted octanol–water partition coefficient (Wildman–Crippen LogP) is 2.77. The summed E-state index contributed by atoms with van der Waals surface area (Å²) in [5.41, 5.74) is -0.551. The van der Waals surface area contributed by atoms with Crippen LogP contribution >= 0.6 is 11.6 Å². The molecule has 0 saturated carbocycles. The van der Waals surface area contributed by atoms with Crippen molar-refractivity contribution >= 4 is 33.1 Å². The molecular weight excluding hydrogens is 445 g/mol. The fraction of sp³-hybridized carbons (Fsp3) is 0.389. The first-order chi connectivity index (χ1) is 14.1. The third-order valence-electron chi connectivity index (χ3n) is 4.91. The molecule has 0 aliphatic carbocycles. The van der Waals surface area contributed by atoms with Crippen LogP contribution in [0.15, 0.2) is 29.2 Å². The zero-order chi connectivity index (χ0) is 22.1. The van der Waals surface area contributed by atoms with Crippen molar-refractivity contribution in [1.82, 2.24) is 10.3 Å². The lowest BCUT2D eigenvalue weighted by molar-refractivity contribution is 0.0111. The topological polar surface area (TPSA) is 83.6 Å². The minimum Gasteiger partial charge on any atom is -0.375 e. The molecule has 1 aliphatic heterocycles. The number of likely N-dealkylation sites (N-methyl/N-ethyl adjacent to an activating group) is 1. The number of rotatable bonds is 7. The first-order valence-corrected chi connectivity index (χ1v) is 10.8. The minimum absolute atomic E-state index is 0.0181. The summed E-state index contributed by atoms with van der Waals surface area (Å²) in [5, 5.41) is 2.47. The van der Waals surface area contributed by atoms with Gasteiger partial charge in [0.25, 0.3) is 10.0 Å². The number of hydrogen-bond acceptors (Lipinski definition) is 6. The van der Waals surface area contributed by atoms with Crippen LogP contribution in [0.5, 0.6) is 0 Å². The Labute approximate surface area is 177 Å². The number of hydrogen-bond donors (Lipinski definition) is 2. The average molecular weight is 465 g/mol. The fourth-order valence-corrected chi connectivity index (χ4v) is 4.92. The number of anilines is 2. The summed E-state index contributed by atoms with van der Waals surface area (Å²) in [4.78, 5) is 3.69. The maximum absolute atomic E-state index is 14.9. The summed E-state index contributed by atoms with van der Waals surface area (Å²) >= 11 is 6.09. The Kier molecular flexibility index (Phi) is 6.46. The highest BCUT2D eigenvalue weighted by atomic mass is 35.5. The predicted molar refractivity (Wildman–Crippen MR) is 107 cm³/mol. The van der Waals surface area contributed by atoms with Crippen molar-refractivity contribution in [2.24, 2.45) is 0 Å². The summed E-state index contributed by atoms with van der Waals surface area (Å²) in [6, 6.07) is 4.20. The smallest absolute Gasteiger partial charge is 0.268 e. The van der Waals surface area contributed by atoms with E-state index in [0.717, 1.165) is 18.2 Å². The van der Waals surface area contributed by atoms with Gasteiger partial charge in [-0.2, -0.15) is 4.39 Å². The molecular formula is C18H20ClF3N4O3S. The van der Waals surface area contributed by atoms with Gasteiger partial charge in [0.2, 0.25) is 5.95 Å². The van der Waals surface area contributed by atoms with Crippen LogP contribution in [0.25, 0.3) is 0 Å². The van der Waals surface area contributed by atoms with Crippen LogP contribution < -0.4 is 14.9 Å². The second-order valence-corrected chi connectivity index (χ2v) is 8.87. The van der Waals surface area contributed by atoms with E-state index < -0.39 is 48.9 Å². The molecule has 1 aromatic carbocycles. The molecule has 1 aromatic heterocycles. The van der Waals surface area contributed by atoms with E-state index in [9.17, 15) is 21.6 Å². The number of pyridine rings is 1. The largest absolute Gasteiger partial charge is 0.375 e. The maximum atomic E-state index is 14.9. The highest BCUT2D eigenvalue weighted by Crippen LogP contribution is 2.38. The summed E-state index contributed by atoms with van der Waals surface area (Å²) in [5.74, 6) is -4.16. The number of aromatic nitrogens is 1. The van der Waals surface area contributed by atoms with E-state index in [0.29, 0.717) is 26.1 Å². The lowest BCUT2D eigenvalue weighted by Gasteiger charge is -2.28. The van der Waals surface area contributed by atoms with Crippen LogP contribution in [0.2, 0.25) is 5.02 Å². The Morgan fingerprint density at radius 3 is 2.70 bits per heavy atom. The van der Waals surface area contributed by atoms with Gasteiger partial charge in [-0.05, 0) is 25.6 Å². The Balaban J connectivity index is 1.95. The van der Waals surface area contributed by atoms with Gasteiger partial charge >= 0.3 is 0 Å². The number of halogens is 4. The van der Waals surface area contributed by atoms with E-state index in [1.165, 1.54) is 6.07 Å². The molecule has 0 unspecified atom stereocenters. The monoisotopic (exact) mass is 464 g/mol. The molecule has 3 rings (SSSR count). The molecule has 1 atom stereocenters. The van der Waals surface area contributed by atoms with E-state index in [1.54, 1.807) is 19.1 Å². The molecule has 2 N–H and O–H groups in total. The van der Waals surface area contributed by atoms with Crippen LogP contribution in [-0.2, 0) is 14.8 Å². The van der Waals surface area contributed by atoms with Crippen LogP contribution in [0.4, 0.5) is 24.7 Å². The molecule has 0 bridgehead atoms. The van der Waals surface area contributed by atoms with Crippen molar-refractivity contribution in [3.8, 4) is 0 Å². The van der Waals surface area contributed by atoms with Gasteiger partial charge in [0.1, 0.15) is 16.7 Å². The molecule has 1 saturated heterocycles. The molecule has 12 heteroatoms. The van der Waals surface area contributed by atoms with Crippen molar-refractivity contribution in [1.29, 1.82) is 0 Å². The van der Waals surface area contributed by atoms with Gasteiger partial charge in [0, 0.05) is 32.8 Å². The highest BCUT2D eigenvalue weighted by molar-refractivity contribution is 7.92. The van der Waals surface area contributed by atoms with E-state index in [-0.39, 0.29) is 5.69 Å². The normalized spacial score (nSPS) is 19.3. The molecule has 0 amide bonds. The summed E-state index contributed by atoms with van der Waals surface area (Å²) in [6.45, 7) is 1.23. The Hall–Kier alpha value is -2.08. The van der Waals surface area contributed by atoms with Gasteiger partial charge < -0.3 is 15.0 Å². The number of nitrogens with one attached hydrogen (secondary N) is 2. The summed E-state index contributed by atoms with van der Waals surface area (Å²) in [6.07, 6.45) is 0.580. The SMILES string of the molecule is CNC[C@]1(OC)CCN(c2cc(F)c(S(=O)(=O)Nc3cccc(F)n3)c(F)c2Cl)C1. The number of ether oxygens (including phenoxy) is 1. The lowest BCUT2D eigenvalue weighted by Crippen LogP contribution is -2.43. The van der Waals surface area contributed by atoms with Gasteiger partial charge in [-0.3, -0.25) is 4.72 Å². The quantitative estimate of drug-likeness (QED) is 0.484. The van der Waals surface area contributed by atoms with E-state index >= 15 is 0 Å². The fourth-order valence-electron chi connectivity index (χ4n) is 3.45. The van der Waals surface area contributed by atoms with Crippen molar-refractivity contribution in [3.63, 3.8) is 0 Å². The molecule has 30 heavy (non-hydrogen) atoms. The number of nitrogens with zero attached hydrogens (tertiary/aromatic N) is 2. The van der Waals surface area contributed by atoms with Gasteiger partial charge in [0.15, 0.2) is 10.7 Å². The maximum Gasteiger partial charge on any atom is 0.268 e. The third kappa shape index (κ3) is 4.34. The summed E-state index contributed by atoms with van der Waals surface area (Å²) < 4.78 is 75.3. The van der Waals surface area contributed by atoms with Gasteiger partial charge in [-0.1, -0.05) is 17.7 Å². The van der Waals surface area contributed by atoms with E-state index in [2.05, 4.69) is 10.3 Å². The zero-order valence-electron chi connectivity index (χ0n) is 16.2. The first kappa shape index (κ1) is 22.6. The molecule has 0 radical (unpaired) electrons. The number of benzene rings is 1. The average Bonchev–Trinajstić information content (AvgIpc) is 3.09. The highest BCUT2D eigenvalue weighted by Gasteiger charge is 2.40. The van der Waals surface area contributed by atoms with Gasteiger partial charge in [-0.15, -0.1) is 0 Å². The minimum atomic E-state index is -4.76. The Morgan fingerprint density at radius 1 is 1.33 bits per heavy atom.